The summed E-state index contributed by atoms with van der Waals surface area (Å²) in [6.45, 7) is 0.642. The Hall–Kier alpha value is -2.06. The van der Waals surface area contributed by atoms with E-state index in [1.165, 1.54) is 11.3 Å². The lowest BCUT2D eigenvalue weighted by Gasteiger charge is -2.02. The van der Waals surface area contributed by atoms with E-state index in [0.717, 1.165) is 27.5 Å². The lowest BCUT2D eigenvalue weighted by atomic mass is 10.3. The number of aryl methyl sites for hydroxylation is 1. The molecule has 2 aromatic heterocycles. The first-order chi connectivity index (χ1) is 11.1. The standard InChI is InChI=1S/C15H15N3O3S2/c19-13(20)8-10-9-23-15(16-10)22-7-3-6-18-12-5-2-1-4-11(12)17-14(18)21/h1-2,4-5,9H,3,6-8H2,(H,17,21)(H,19,20). The maximum absolute atomic E-state index is 11.9. The van der Waals surface area contributed by atoms with Crippen molar-refractivity contribution in [1.82, 2.24) is 14.5 Å². The smallest absolute Gasteiger partial charge is 0.326 e. The van der Waals surface area contributed by atoms with Crippen LogP contribution in [0.2, 0.25) is 0 Å². The number of aromatic amines is 1. The molecule has 0 aliphatic carbocycles. The molecule has 0 amide bonds. The van der Waals surface area contributed by atoms with Crippen LogP contribution in [-0.4, -0.2) is 31.4 Å². The summed E-state index contributed by atoms with van der Waals surface area (Å²) in [5.74, 6) is -0.0445. The summed E-state index contributed by atoms with van der Waals surface area (Å²) >= 11 is 3.05. The number of nitrogens with zero attached hydrogens (tertiary/aromatic N) is 2. The summed E-state index contributed by atoms with van der Waals surface area (Å²) in [6.07, 6.45) is 0.794. The van der Waals surface area contributed by atoms with Gasteiger partial charge in [0.05, 0.1) is 23.1 Å². The lowest BCUT2D eigenvalue weighted by Crippen LogP contribution is -2.17. The minimum Gasteiger partial charge on any atom is -0.481 e. The van der Waals surface area contributed by atoms with E-state index in [1.54, 1.807) is 21.7 Å². The second kappa shape index (κ2) is 7.01. The monoisotopic (exact) mass is 349 g/mol. The molecule has 3 aromatic rings. The van der Waals surface area contributed by atoms with E-state index >= 15 is 0 Å². The second-order valence-electron chi connectivity index (χ2n) is 4.98. The van der Waals surface area contributed by atoms with Gasteiger partial charge in [0, 0.05) is 17.7 Å². The molecule has 6 nitrogen and oxygen atoms in total. The Morgan fingerprint density at radius 1 is 1.39 bits per heavy atom. The molecule has 1 aromatic carbocycles. The largest absolute Gasteiger partial charge is 0.481 e. The van der Waals surface area contributed by atoms with E-state index in [-0.39, 0.29) is 12.1 Å². The molecule has 0 aliphatic rings. The molecule has 0 aliphatic heterocycles. The number of H-pyrrole nitrogens is 1. The first kappa shape index (κ1) is 15.8. The van der Waals surface area contributed by atoms with Crippen molar-refractivity contribution in [2.75, 3.05) is 5.75 Å². The van der Waals surface area contributed by atoms with E-state index in [1.807, 2.05) is 24.3 Å². The summed E-state index contributed by atoms with van der Waals surface area (Å²) in [4.78, 5) is 29.7. The number of carboxylic acid groups (broad SMARTS) is 1. The van der Waals surface area contributed by atoms with Crippen molar-refractivity contribution >= 4 is 40.1 Å². The number of thiazole rings is 1. The van der Waals surface area contributed by atoms with Crippen molar-refractivity contribution in [2.45, 2.75) is 23.7 Å². The van der Waals surface area contributed by atoms with Gasteiger partial charge in [-0.15, -0.1) is 11.3 Å². The van der Waals surface area contributed by atoms with Crippen LogP contribution in [0.5, 0.6) is 0 Å². The zero-order valence-corrected chi connectivity index (χ0v) is 13.8. The average Bonchev–Trinajstić information content (AvgIpc) is 3.07. The van der Waals surface area contributed by atoms with E-state index in [9.17, 15) is 9.59 Å². The summed E-state index contributed by atoms with van der Waals surface area (Å²) in [5.41, 5.74) is 2.27. The van der Waals surface area contributed by atoms with Crippen LogP contribution in [0.25, 0.3) is 11.0 Å². The summed E-state index contributed by atoms with van der Waals surface area (Å²) in [6, 6.07) is 7.64. The van der Waals surface area contributed by atoms with E-state index < -0.39 is 5.97 Å². The van der Waals surface area contributed by atoms with Crippen LogP contribution in [0.15, 0.2) is 38.8 Å². The van der Waals surface area contributed by atoms with Crippen LogP contribution in [0.4, 0.5) is 0 Å². The second-order valence-corrected chi connectivity index (χ2v) is 7.18. The number of thioether (sulfide) groups is 1. The predicted molar refractivity (Wildman–Crippen MR) is 91.4 cm³/mol. The number of imidazole rings is 1. The number of benzene rings is 1. The topological polar surface area (TPSA) is 88.0 Å². The van der Waals surface area contributed by atoms with Gasteiger partial charge in [0.15, 0.2) is 0 Å². The molecule has 0 unspecified atom stereocenters. The minimum atomic E-state index is -0.870. The first-order valence-corrected chi connectivity index (χ1v) is 8.96. The van der Waals surface area contributed by atoms with Gasteiger partial charge in [0.1, 0.15) is 4.34 Å². The van der Waals surface area contributed by atoms with Crippen molar-refractivity contribution in [3.63, 3.8) is 0 Å². The molecular formula is C15H15N3O3S2. The number of aliphatic carboxylic acids is 1. The zero-order chi connectivity index (χ0) is 16.2. The Morgan fingerprint density at radius 3 is 3.04 bits per heavy atom. The highest BCUT2D eigenvalue weighted by Crippen LogP contribution is 2.23. The van der Waals surface area contributed by atoms with Gasteiger partial charge in [-0.25, -0.2) is 9.78 Å². The van der Waals surface area contributed by atoms with Gasteiger partial charge >= 0.3 is 11.7 Å². The van der Waals surface area contributed by atoms with Crippen LogP contribution in [0.3, 0.4) is 0 Å². The number of carboxylic acids is 1. The normalized spacial score (nSPS) is 11.1. The number of para-hydroxylation sites is 2. The maximum atomic E-state index is 11.9. The highest BCUT2D eigenvalue weighted by Gasteiger charge is 2.08. The van der Waals surface area contributed by atoms with Gasteiger partial charge in [-0.1, -0.05) is 23.9 Å². The molecule has 0 radical (unpaired) electrons. The number of fused-ring (bicyclic) bond motifs is 1. The molecule has 0 bridgehead atoms. The summed E-state index contributed by atoms with van der Waals surface area (Å²) < 4.78 is 2.61. The van der Waals surface area contributed by atoms with E-state index in [4.69, 9.17) is 5.11 Å². The van der Waals surface area contributed by atoms with Gasteiger partial charge in [-0.3, -0.25) is 9.36 Å². The van der Waals surface area contributed by atoms with Gasteiger partial charge in [0.2, 0.25) is 0 Å². The fourth-order valence-electron chi connectivity index (χ4n) is 2.30. The molecule has 8 heteroatoms. The highest BCUT2D eigenvalue weighted by atomic mass is 32.2. The Kier molecular flexibility index (Phi) is 4.82. The van der Waals surface area contributed by atoms with E-state index in [2.05, 4.69) is 9.97 Å². The Bertz CT molecular complexity index is 881. The summed E-state index contributed by atoms with van der Waals surface area (Å²) in [7, 11) is 0. The molecule has 0 fully saturated rings. The molecular weight excluding hydrogens is 334 g/mol. The predicted octanol–water partition coefficient (Wildman–Crippen LogP) is 2.60. The van der Waals surface area contributed by atoms with Crippen molar-refractivity contribution in [2.24, 2.45) is 0 Å². The Labute approximate surface area is 140 Å². The summed E-state index contributed by atoms with van der Waals surface area (Å²) in [5, 5.41) is 10.5. The first-order valence-electron chi connectivity index (χ1n) is 7.10. The SMILES string of the molecule is O=C(O)Cc1csc(SCCCn2c(=O)[nH]c3ccccc32)n1. The molecule has 2 N–H and O–H groups in total. The zero-order valence-electron chi connectivity index (χ0n) is 12.2. The molecule has 0 spiro atoms. The maximum Gasteiger partial charge on any atom is 0.326 e. The molecule has 23 heavy (non-hydrogen) atoms. The Balaban J connectivity index is 1.55. The van der Waals surface area contributed by atoms with Crippen LogP contribution in [-0.2, 0) is 17.8 Å². The average molecular weight is 349 g/mol. The van der Waals surface area contributed by atoms with Crippen LogP contribution in [0, 0.1) is 0 Å². The molecule has 0 saturated carbocycles. The van der Waals surface area contributed by atoms with Crippen LogP contribution >= 0.6 is 23.1 Å². The minimum absolute atomic E-state index is 0.0399. The number of carbonyl (C=O) groups is 1. The Morgan fingerprint density at radius 2 is 2.22 bits per heavy atom. The third-order valence-electron chi connectivity index (χ3n) is 3.30. The fraction of sp³-hybridized carbons (Fsp3) is 0.267. The third kappa shape index (κ3) is 3.83. The molecule has 0 saturated heterocycles. The molecule has 0 atom stereocenters. The van der Waals surface area contributed by atoms with Crippen LogP contribution in [0.1, 0.15) is 12.1 Å². The molecule has 3 rings (SSSR count). The molecule has 2 heterocycles. The van der Waals surface area contributed by atoms with Crippen molar-refractivity contribution in [1.29, 1.82) is 0 Å². The third-order valence-corrected chi connectivity index (χ3v) is 5.45. The van der Waals surface area contributed by atoms with Gasteiger partial charge < -0.3 is 10.1 Å². The van der Waals surface area contributed by atoms with Gasteiger partial charge in [-0.05, 0) is 18.6 Å². The quantitative estimate of drug-likeness (QED) is 0.506. The highest BCUT2D eigenvalue weighted by molar-refractivity contribution is 8.00. The van der Waals surface area contributed by atoms with Gasteiger partial charge in [0.25, 0.3) is 0 Å². The number of hydrogen-bond acceptors (Lipinski definition) is 5. The number of rotatable bonds is 7. The lowest BCUT2D eigenvalue weighted by molar-refractivity contribution is -0.136. The number of aromatic nitrogens is 3. The van der Waals surface area contributed by atoms with Crippen LogP contribution < -0.4 is 5.69 Å². The number of hydrogen-bond donors (Lipinski definition) is 2. The van der Waals surface area contributed by atoms with Crippen molar-refractivity contribution < 1.29 is 9.90 Å². The molecule has 120 valence electrons. The number of nitrogens with one attached hydrogen (secondary N) is 1. The van der Waals surface area contributed by atoms with Crippen molar-refractivity contribution in [3.05, 3.63) is 45.8 Å². The van der Waals surface area contributed by atoms with Crippen molar-refractivity contribution in [3.8, 4) is 0 Å². The van der Waals surface area contributed by atoms with E-state index in [0.29, 0.717) is 12.2 Å². The van der Waals surface area contributed by atoms with Gasteiger partial charge in [-0.2, -0.15) is 0 Å². The fourth-order valence-corrected chi connectivity index (χ4v) is 4.14.